The third-order valence-corrected chi connectivity index (χ3v) is 2.15. The number of phenols is 1. The Labute approximate surface area is 87.2 Å². The van der Waals surface area contributed by atoms with Crippen LogP contribution in [0.25, 0.3) is 0 Å². The van der Waals surface area contributed by atoms with Crippen molar-refractivity contribution in [2.45, 2.75) is 26.2 Å². The zero-order valence-corrected chi connectivity index (χ0v) is 8.46. The van der Waals surface area contributed by atoms with Crippen molar-refractivity contribution in [1.82, 2.24) is 0 Å². The molecule has 0 heterocycles. The largest absolute Gasteiger partial charge is 0.508 e. The van der Waals surface area contributed by atoms with Gasteiger partial charge in [-0.3, -0.25) is 4.79 Å². The van der Waals surface area contributed by atoms with E-state index in [4.69, 9.17) is 5.11 Å². The van der Waals surface area contributed by atoms with E-state index >= 15 is 0 Å². The van der Waals surface area contributed by atoms with Crippen LogP contribution < -0.4 is 0 Å². The van der Waals surface area contributed by atoms with Crippen molar-refractivity contribution >= 4 is 5.97 Å². The summed E-state index contributed by atoms with van der Waals surface area (Å²) < 4.78 is 13.4. The lowest BCUT2D eigenvalue weighted by Gasteiger charge is -2.05. The zero-order valence-electron chi connectivity index (χ0n) is 8.46. The van der Waals surface area contributed by atoms with Crippen molar-refractivity contribution in [1.29, 1.82) is 0 Å². The molecule has 0 aliphatic rings. The van der Waals surface area contributed by atoms with E-state index in [1.807, 2.05) is 0 Å². The number of carbonyl (C=O) groups is 1. The van der Waals surface area contributed by atoms with E-state index in [1.165, 1.54) is 12.1 Å². The molecule has 3 nitrogen and oxygen atoms in total. The van der Waals surface area contributed by atoms with E-state index in [-0.39, 0.29) is 18.0 Å². The molecule has 1 aromatic rings. The summed E-state index contributed by atoms with van der Waals surface area (Å²) in [5.74, 6) is -1.25. The predicted molar refractivity (Wildman–Crippen MR) is 53.4 cm³/mol. The number of rotatable bonds is 4. The van der Waals surface area contributed by atoms with Crippen LogP contribution in [0.4, 0.5) is 4.39 Å². The highest BCUT2D eigenvalue weighted by atomic mass is 19.1. The third kappa shape index (κ3) is 3.23. The molecule has 1 rings (SSSR count). The Morgan fingerprint density at radius 1 is 1.47 bits per heavy atom. The van der Waals surface area contributed by atoms with Gasteiger partial charge in [-0.05, 0) is 43.0 Å². The van der Waals surface area contributed by atoms with Gasteiger partial charge in [-0.25, -0.2) is 4.39 Å². The minimum atomic E-state index is -0.896. The van der Waals surface area contributed by atoms with E-state index in [2.05, 4.69) is 0 Å². The number of aromatic hydroxyl groups is 1. The molecule has 0 fully saturated rings. The molecule has 0 aliphatic carbocycles. The van der Waals surface area contributed by atoms with Gasteiger partial charge in [0.25, 0.3) is 0 Å². The topological polar surface area (TPSA) is 57.5 Å². The molecule has 0 spiro atoms. The van der Waals surface area contributed by atoms with E-state index in [0.29, 0.717) is 24.0 Å². The number of hydrogen-bond acceptors (Lipinski definition) is 2. The van der Waals surface area contributed by atoms with Gasteiger partial charge in [0.05, 0.1) is 0 Å². The lowest BCUT2D eigenvalue weighted by Crippen LogP contribution is -1.98. The van der Waals surface area contributed by atoms with Crippen LogP contribution in [0.15, 0.2) is 12.1 Å². The summed E-state index contributed by atoms with van der Waals surface area (Å²) in [6, 6.07) is 2.68. The van der Waals surface area contributed by atoms with Crippen LogP contribution in [0.3, 0.4) is 0 Å². The lowest BCUT2D eigenvalue weighted by atomic mass is 10.0. The number of hydrogen-bond donors (Lipinski definition) is 2. The fraction of sp³-hybridized carbons (Fsp3) is 0.364. The Balaban J connectivity index is 2.72. The highest BCUT2D eigenvalue weighted by Gasteiger charge is 2.08. The molecule has 2 N–H and O–H groups in total. The smallest absolute Gasteiger partial charge is 0.303 e. The molecule has 0 amide bonds. The van der Waals surface area contributed by atoms with Gasteiger partial charge in [-0.1, -0.05) is 0 Å². The Bertz CT molecular complexity index is 374. The average molecular weight is 212 g/mol. The van der Waals surface area contributed by atoms with Crippen LogP contribution in [-0.2, 0) is 11.2 Å². The Morgan fingerprint density at radius 3 is 2.73 bits per heavy atom. The number of aryl methyl sites for hydroxylation is 2. The number of benzene rings is 1. The van der Waals surface area contributed by atoms with Gasteiger partial charge in [-0.15, -0.1) is 0 Å². The van der Waals surface area contributed by atoms with Crippen LogP contribution in [0.1, 0.15) is 24.0 Å². The van der Waals surface area contributed by atoms with Gasteiger partial charge in [-0.2, -0.15) is 0 Å². The third-order valence-electron chi connectivity index (χ3n) is 2.15. The monoisotopic (exact) mass is 212 g/mol. The number of carboxylic acids is 1. The number of aliphatic carboxylic acids is 1. The molecule has 0 saturated heterocycles. The van der Waals surface area contributed by atoms with Gasteiger partial charge < -0.3 is 10.2 Å². The molecule has 1 aromatic carbocycles. The second-order valence-corrected chi connectivity index (χ2v) is 3.48. The minimum absolute atomic E-state index is 0.00808. The van der Waals surface area contributed by atoms with Crippen molar-refractivity contribution in [2.24, 2.45) is 0 Å². The maximum atomic E-state index is 13.4. The minimum Gasteiger partial charge on any atom is -0.508 e. The summed E-state index contributed by atoms with van der Waals surface area (Å²) in [5, 5.41) is 17.7. The SMILES string of the molecule is Cc1cc(O)cc(CCCC(=O)O)c1F. The quantitative estimate of drug-likeness (QED) is 0.804. The van der Waals surface area contributed by atoms with Crippen molar-refractivity contribution in [3.63, 3.8) is 0 Å². The second-order valence-electron chi connectivity index (χ2n) is 3.48. The summed E-state index contributed by atoms with van der Waals surface area (Å²) in [5.41, 5.74) is 0.745. The molecule has 0 unspecified atom stereocenters. The maximum absolute atomic E-state index is 13.4. The molecule has 0 bridgehead atoms. The van der Waals surface area contributed by atoms with Crippen LogP contribution in [0.5, 0.6) is 5.75 Å². The van der Waals surface area contributed by atoms with E-state index in [0.717, 1.165) is 0 Å². The summed E-state index contributed by atoms with van der Waals surface area (Å²) in [7, 11) is 0. The number of halogens is 1. The first-order chi connectivity index (χ1) is 7.00. The molecular weight excluding hydrogens is 199 g/mol. The zero-order chi connectivity index (χ0) is 11.4. The molecule has 15 heavy (non-hydrogen) atoms. The number of phenolic OH excluding ortho intramolecular Hbond substituents is 1. The fourth-order valence-corrected chi connectivity index (χ4v) is 1.43. The first-order valence-electron chi connectivity index (χ1n) is 4.70. The van der Waals surface area contributed by atoms with Crippen molar-refractivity contribution < 1.29 is 19.4 Å². The second kappa shape index (κ2) is 4.77. The van der Waals surface area contributed by atoms with E-state index in [1.54, 1.807) is 6.92 Å². The summed E-state index contributed by atoms with van der Waals surface area (Å²) in [6.07, 6.45) is 0.705. The van der Waals surface area contributed by atoms with Crippen LogP contribution in [0.2, 0.25) is 0 Å². The molecule has 0 radical (unpaired) electrons. The van der Waals surface area contributed by atoms with Crippen molar-refractivity contribution in [3.8, 4) is 5.75 Å². The first-order valence-corrected chi connectivity index (χ1v) is 4.70. The standard InChI is InChI=1S/C11H13FO3/c1-7-5-9(13)6-8(11(7)12)3-2-4-10(14)15/h5-6,13H,2-4H2,1H3,(H,14,15). The normalized spacial score (nSPS) is 10.3. The van der Waals surface area contributed by atoms with Crippen LogP contribution in [-0.4, -0.2) is 16.2 Å². The molecule has 0 atom stereocenters. The molecule has 0 aromatic heterocycles. The van der Waals surface area contributed by atoms with Gasteiger partial charge in [0.2, 0.25) is 0 Å². The Hall–Kier alpha value is -1.58. The highest BCUT2D eigenvalue weighted by molar-refractivity contribution is 5.66. The average Bonchev–Trinajstić information content (AvgIpc) is 2.12. The van der Waals surface area contributed by atoms with Crippen molar-refractivity contribution in [2.75, 3.05) is 0 Å². The van der Waals surface area contributed by atoms with Gasteiger partial charge in [0.1, 0.15) is 11.6 Å². The molecule has 4 heteroatoms. The Morgan fingerprint density at radius 2 is 2.13 bits per heavy atom. The number of carboxylic acid groups (broad SMARTS) is 1. The summed E-state index contributed by atoms with van der Waals surface area (Å²) >= 11 is 0. The van der Waals surface area contributed by atoms with Gasteiger partial charge in [0, 0.05) is 6.42 Å². The summed E-state index contributed by atoms with van der Waals surface area (Å²) in [6.45, 7) is 1.57. The van der Waals surface area contributed by atoms with Crippen LogP contribution in [0, 0.1) is 12.7 Å². The van der Waals surface area contributed by atoms with Crippen molar-refractivity contribution in [3.05, 3.63) is 29.1 Å². The molecule has 0 saturated carbocycles. The molecular formula is C11H13FO3. The van der Waals surface area contributed by atoms with Gasteiger partial charge in [0.15, 0.2) is 0 Å². The van der Waals surface area contributed by atoms with E-state index < -0.39 is 5.97 Å². The van der Waals surface area contributed by atoms with Gasteiger partial charge >= 0.3 is 5.97 Å². The fourth-order valence-electron chi connectivity index (χ4n) is 1.43. The first kappa shape index (κ1) is 11.5. The van der Waals surface area contributed by atoms with E-state index in [9.17, 15) is 14.3 Å². The lowest BCUT2D eigenvalue weighted by molar-refractivity contribution is -0.137. The molecule has 0 aliphatic heterocycles. The molecule has 82 valence electrons. The summed E-state index contributed by atoms with van der Waals surface area (Å²) in [4.78, 5) is 10.3. The maximum Gasteiger partial charge on any atom is 0.303 e. The predicted octanol–water partition coefficient (Wildman–Crippen LogP) is 2.25. The van der Waals surface area contributed by atoms with Crippen LogP contribution >= 0.6 is 0 Å². The Kier molecular flexibility index (Phi) is 3.66. The highest BCUT2D eigenvalue weighted by Crippen LogP contribution is 2.21.